The summed E-state index contributed by atoms with van der Waals surface area (Å²) in [6, 6.07) is 14.3. The van der Waals surface area contributed by atoms with E-state index in [0.717, 1.165) is 11.1 Å². The van der Waals surface area contributed by atoms with Crippen molar-refractivity contribution in [2.75, 3.05) is 6.61 Å². The third kappa shape index (κ3) is 4.82. The monoisotopic (exact) mass is 381 g/mol. The Bertz CT molecular complexity index is 1060. The van der Waals surface area contributed by atoms with Crippen molar-refractivity contribution in [2.24, 2.45) is 0 Å². The summed E-state index contributed by atoms with van der Waals surface area (Å²) in [5, 5.41) is 6.81. The number of nitrogens with zero attached hydrogens (tertiary/aromatic N) is 2. The molecule has 0 radical (unpaired) electrons. The molecule has 3 aromatic rings. The van der Waals surface area contributed by atoms with Gasteiger partial charge in [-0.2, -0.15) is 4.68 Å². The molecule has 3 rings (SSSR count). The molecular formula is C21H20FN3O3. The quantitative estimate of drug-likeness (QED) is 0.713. The van der Waals surface area contributed by atoms with Gasteiger partial charge in [0.25, 0.3) is 11.5 Å². The van der Waals surface area contributed by atoms with Crippen molar-refractivity contribution in [3.05, 3.63) is 87.5 Å². The van der Waals surface area contributed by atoms with E-state index in [-0.39, 0.29) is 36.3 Å². The zero-order valence-electron chi connectivity index (χ0n) is 15.6. The maximum Gasteiger partial charge on any atom is 0.271 e. The SMILES string of the molecule is Cc1ccc(-n2nc(OCC(=O)NCc3cccc(F)c3)ccc2=O)cc1C. The van der Waals surface area contributed by atoms with Gasteiger partial charge >= 0.3 is 0 Å². The highest BCUT2D eigenvalue weighted by Gasteiger charge is 2.08. The molecule has 6 nitrogen and oxygen atoms in total. The normalized spacial score (nSPS) is 10.5. The lowest BCUT2D eigenvalue weighted by Gasteiger charge is -2.10. The van der Waals surface area contributed by atoms with Gasteiger partial charge in [0.1, 0.15) is 5.82 Å². The average molecular weight is 381 g/mol. The lowest BCUT2D eigenvalue weighted by Crippen LogP contribution is -2.29. The fourth-order valence-electron chi connectivity index (χ4n) is 2.55. The number of nitrogens with one attached hydrogen (secondary N) is 1. The zero-order valence-corrected chi connectivity index (χ0v) is 15.6. The van der Waals surface area contributed by atoms with Crippen LogP contribution in [0.25, 0.3) is 5.69 Å². The second-order valence-corrected chi connectivity index (χ2v) is 6.39. The highest BCUT2D eigenvalue weighted by atomic mass is 19.1. The summed E-state index contributed by atoms with van der Waals surface area (Å²) >= 11 is 0. The van der Waals surface area contributed by atoms with Crippen LogP contribution in [0.15, 0.2) is 59.4 Å². The molecule has 0 saturated heterocycles. The predicted octanol–water partition coefficient (Wildman–Crippen LogP) is 2.68. The summed E-state index contributed by atoms with van der Waals surface area (Å²) in [5.41, 5.74) is 3.11. The number of aromatic nitrogens is 2. The second kappa shape index (κ2) is 8.47. The van der Waals surface area contributed by atoms with E-state index in [9.17, 15) is 14.0 Å². The van der Waals surface area contributed by atoms with Crippen molar-refractivity contribution < 1.29 is 13.9 Å². The number of halogens is 1. The Morgan fingerprint density at radius 1 is 1.11 bits per heavy atom. The maximum atomic E-state index is 13.1. The van der Waals surface area contributed by atoms with Crippen molar-refractivity contribution in [1.29, 1.82) is 0 Å². The Kier molecular flexibility index (Phi) is 5.84. The topological polar surface area (TPSA) is 73.2 Å². The van der Waals surface area contributed by atoms with Gasteiger partial charge in [-0.3, -0.25) is 9.59 Å². The van der Waals surface area contributed by atoms with Gasteiger partial charge in [0, 0.05) is 18.7 Å². The summed E-state index contributed by atoms with van der Waals surface area (Å²) in [5.74, 6) is -0.588. The van der Waals surface area contributed by atoms with Crippen molar-refractivity contribution >= 4 is 5.91 Å². The van der Waals surface area contributed by atoms with Gasteiger partial charge in [-0.05, 0) is 54.8 Å². The number of hydrogen-bond acceptors (Lipinski definition) is 4. The van der Waals surface area contributed by atoms with E-state index in [0.29, 0.717) is 11.3 Å². The smallest absolute Gasteiger partial charge is 0.271 e. The molecule has 1 heterocycles. The van der Waals surface area contributed by atoms with E-state index in [1.165, 1.54) is 28.9 Å². The molecule has 0 saturated carbocycles. The molecule has 7 heteroatoms. The van der Waals surface area contributed by atoms with E-state index in [4.69, 9.17) is 4.74 Å². The minimum Gasteiger partial charge on any atom is -0.467 e. The number of amides is 1. The first-order valence-corrected chi connectivity index (χ1v) is 8.74. The number of carbonyl (C=O) groups is 1. The fourth-order valence-corrected chi connectivity index (χ4v) is 2.55. The van der Waals surface area contributed by atoms with Gasteiger partial charge in [0.2, 0.25) is 5.88 Å². The minimum absolute atomic E-state index is 0.152. The average Bonchev–Trinajstić information content (AvgIpc) is 2.68. The first-order valence-electron chi connectivity index (χ1n) is 8.74. The molecule has 1 amide bonds. The number of aryl methyl sites for hydroxylation is 2. The van der Waals surface area contributed by atoms with E-state index >= 15 is 0 Å². The number of hydrogen-bond donors (Lipinski definition) is 1. The highest BCUT2D eigenvalue weighted by Crippen LogP contribution is 2.13. The number of rotatable bonds is 6. The molecule has 1 aromatic heterocycles. The fraction of sp³-hybridized carbons (Fsp3) is 0.190. The molecule has 0 bridgehead atoms. The molecule has 0 spiro atoms. The Balaban J connectivity index is 1.63. The van der Waals surface area contributed by atoms with Crippen LogP contribution in [0.5, 0.6) is 5.88 Å². The Labute approximate surface area is 161 Å². The maximum absolute atomic E-state index is 13.1. The molecule has 1 N–H and O–H groups in total. The first-order chi connectivity index (χ1) is 13.4. The molecule has 0 aliphatic rings. The van der Waals surface area contributed by atoms with Gasteiger partial charge in [-0.15, -0.1) is 5.10 Å². The van der Waals surface area contributed by atoms with Crippen LogP contribution in [0.4, 0.5) is 4.39 Å². The van der Waals surface area contributed by atoms with Crippen LogP contribution >= 0.6 is 0 Å². The van der Waals surface area contributed by atoms with Crippen LogP contribution in [-0.2, 0) is 11.3 Å². The van der Waals surface area contributed by atoms with Crippen LogP contribution < -0.4 is 15.6 Å². The summed E-state index contributed by atoms with van der Waals surface area (Å²) in [6.45, 7) is 3.85. The van der Waals surface area contributed by atoms with E-state index in [1.807, 2.05) is 26.0 Å². The van der Waals surface area contributed by atoms with Gasteiger partial charge in [-0.1, -0.05) is 18.2 Å². The van der Waals surface area contributed by atoms with Crippen LogP contribution in [0.1, 0.15) is 16.7 Å². The van der Waals surface area contributed by atoms with E-state index in [2.05, 4.69) is 10.4 Å². The van der Waals surface area contributed by atoms with Crippen molar-refractivity contribution in [1.82, 2.24) is 15.1 Å². The Morgan fingerprint density at radius 3 is 2.68 bits per heavy atom. The zero-order chi connectivity index (χ0) is 20.1. The third-order valence-electron chi connectivity index (χ3n) is 4.24. The summed E-state index contributed by atoms with van der Waals surface area (Å²) < 4.78 is 19.8. The van der Waals surface area contributed by atoms with Gasteiger partial charge < -0.3 is 10.1 Å². The Morgan fingerprint density at radius 2 is 1.93 bits per heavy atom. The lowest BCUT2D eigenvalue weighted by molar-refractivity contribution is -0.123. The predicted molar refractivity (Wildman–Crippen MR) is 103 cm³/mol. The first kappa shape index (κ1) is 19.3. The van der Waals surface area contributed by atoms with Crippen LogP contribution in [0.3, 0.4) is 0 Å². The van der Waals surface area contributed by atoms with Crippen molar-refractivity contribution in [2.45, 2.75) is 20.4 Å². The number of benzene rings is 2. The summed E-state index contributed by atoms with van der Waals surface area (Å²) in [7, 11) is 0. The number of carbonyl (C=O) groups excluding carboxylic acids is 1. The molecule has 0 unspecified atom stereocenters. The summed E-state index contributed by atoms with van der Waals surface area (Å²) in [6.07, 6.45) is 0. The molecular weight excluding hydrogens is 361 g/mol. The minimum atomic E-state index is -0.380. The van der Waals surface area contributed by atoms with Crippen LogP contribution in [-0.4, -0.2) is 22.3 Å². The molecule has 0 aliphatic carbocycles. The number of ether oxygens (including phenoxy) is 1. The molecule has 2 aromatic carbocycles. The van der Waals surface area contributed by atoms with Gasteiger partial charge in [0.05, 0.1) is 5.69 Å². The van der Waals surface area contributed by atoms with Crippen molar-refractivity contribution in [3.8, 4) is 11.6 Å². The Hall–Kier alpha value is -3.48. The molecule has 0 fully saturated rings. The molecule has 0 aliphatic heterocycles. The highest BCUT2D eigenvalue weighted by molar-refractivity contribution is 5.77. The standard InChI is InChI=1S/C21H20FN3O3/c1-14-6-7-18(10-15(14)2)25-21(27)9-8-20(24-25)28-13-19(26)23-12-16-4-3-5-17(22)11-16/h3-11H,12-13H2,1-2H3,(H,23,26). The van der Waals surface area contributed by atoms with Crippen LogP contribution in [0, 0.1) is 19.7 Å². The van der Waals surface area contributed by atoms with Crippen molar-refractivity contribution in [3.63, 3.8) is 0 Å². The molecule has 28 heavy (non-hydrogen) atoms. The van der Waals surface area contributed by atoms with Gasteiger partial charge in [-0.25, -0.2) is 4.39 Å². The third-order valence-corrected chi connectivity index (χ3v) is 4.24. The van der Waals surface area contributed by atoms with E-state index < -0.39 is 0 Å². The lowest BCUT2D eigenvalue weighted by atomic mass is 10.1. The molecule has 0 atom stereocenters. The van der Waals surface area contributed by atoms with E-state index in [1.54, 1.807) is 18.2 Å². The second-order valence-electron chi connectivity index (χ2n) is 6.39. The van der Waals surface area contributed by atoms with Crippen LogP contribution in [0.2, 0.25) is 0 Å². The van der Waals surface area contributed by atoms with Gasteiger partial charge in [0.15, 0.2) is 6.61 Å². The summed E-state index contributed by atoms with van der Waals surface area (Å²) in [4.78, 5) is 24.1. The largest absolute Gasteiger partial charge is 0.467 e. The molecule has 144 valence electrons.